The molecule has 122 valence electrons. The average Bonchev–Trinajstić information content (AvgIpc) is 2.47. The third kappa shape index (κ3) is 4.71. The predicted molar refractivity (Wildman–Crippen MR) is 77.2 cm³/mol. The highest BCUT2D eigenvalue weighted by atomic mass is 19.4. The Labute approximate surface area is 127 Å². The van der Waals surface area contributed by atoms with E-state index in [1.807, 2.05) is 42.7 Å². The molecule has 1 heterocycles. The van der Waals surface area contributed by atoms with Crippen molar-refractivity contribution in [3.05, 3.63) is 35.9 Å². The number of amides is 1. The maximum absolute atomic E-state index is 12.3. The van der Waals surface area contributed by atoms with Gasteiger partial charge in [0, 0.05) is 38.8 Å². The van der Waals surface area contributed by atoms with Crippen LogP contribution in [0.3, 0.4) is 0 Å². The van der Waals surface area contributed by atoms with Gasteiger partial charge in [0.15, 0.2) is 0 Å². The molecule has 1 amide bonds. The molecule has 0 saturated carbocycles. The number of hydrogen-bond acceptors (Lipinski definition) is 3. The summed E-state index contributed by atoms with van der Waals surface area (Å²) in [7, 11) is 1.93. The van der Waals surface area contributed by atoms with Gasteiger partial charge in [-0.1, -0.05) is 30.3 Å². The minimum Gasteiger partial charge on any atom is -0.347 e. The average molecular weight is 315 g/mol. The van der Waals surface area contributed by atoms with E-state index in [4.69, 9.17) is 0 Å². The van der Waals surface area contributed by atoms with Crippen LogP contribution >= 0.6 is 0 Å². The summed E-state index contributed by atoms with van der Waals surface area (Å²) < 4.78 is 36.9. The molecule has 0 bridgehead atoms. The van der Waals surface area contributed by atoms with E-state index in [9.17, 15) is 18.0 Å². The van der Waals surface area contributed by atoms with Crippen LogP contribution in [-0.4, -0.2) is 61.2 Å². The second kappa shape index (κ2) is 7.11. The summed E-state index contributed by atoms with van der Waals surface area (Å²) in [6.45, 7) is 2.91. The number of nitrogens with zero attached hydrogens (tertiary/aromatic N) is 2. The molecule has 0 aromatic heterocycles. The lowest BCUT2D eigenvalue weighted by atomic mass is 10.1. The minimum absolute atomic E-state index is 0.00445. The highest BCUT2D eigenvalue weighted by molar-refractivity contribution is 5.81. The van der Waals surface area contributed by atoms with Crippen LogP contribution in [0.4, 0.5) is 13.2 Å². The van der Waals surface area contributed by atoms with Gasteiger partial charge >= 0.3 is 12.1 Å². The number of benzene rings is 1. The van der Waals surface area contributed by atoms with E-state index in [1.54, 1.807) is 0 Å². The van der Waals surface area contributed by atoms with Gasteiger partial charge in [-0.25, -0.2) is 0 Å². The van der Waals surface area contributed by atoms with E-state index in [0.29, 0.717) is 13.1 Å². The van der Waals surface area contributed by atoms with Crippen molar-refractivity contribution in [1.82, 2.24) is 15.1 Å². The molecule has 2 rings (SSSR count). The fourth-order valence-electron chi connectivity index (χ4n) is 2.58. The quantitative estimate of drug-likeness (QED) is 0.914. The summed E-state index contributed by atoms with van der Waals surface area (Å²) in [5, 5.41) is 2.00. The van der Waals surface area contributed by atoms with Crippen LogP contribution in [0.25, 0.3) is 0 Å². The molecular weight excluding hydrogens is 295 g/mol. The van der Waals surface area contributed by atoms with Crippen molar-refractivity contribution in [2.45, 2.75) is 18.8 Å². The number of halogens is 3. The van der Waals surface area contributed by atoms with Crippen molar-refractivity contribution in [2.75, 3.05) is 33.2 Å². The smallest absolute Gasteiger partial charge is 0.347 e. The Bertz CT molecular complexity index is 493. The van der Waals surface area contributed by atoms with Crippen molar-refractivity contribution in [2.24, 2.45) is 0 Å². The van der Waals surface area contributed by atoms with Crippen LogP contribution in [0.15, 0.2) is 30.3 Å². The summed E-state index contributed by atoms with van der Waals surface area (Å²) in [5.41, 5.74) is 1.11. The molecule has 7 heteroatoms. The number of nitrogens with one attached hydrogen (secondary N) is 1. The normalized spacial score (nSPS) is 20.8. The van der Waals surface area contributed by atoms with E-state index in [1.165, 1.54) is 0 Å². The minimum atomic E-state index is -4.83. The number of alkyl halides is 3. The number of carbonyl (C=O) groups is 1. The van der Waals surface area contributed by atoms with Crippen molar-refractivity contribution >= 4 is 5.91 Å². The molecule has 0 radical (unpaired) electrons. The first-order chi connectivity index (χ1) is 10.4. The molecule has 1 atom stereocenters. The molecule has 1 aliphatic heterocycles. The third-order valence-corrected chi connectivity index (χ3v) is 3.79. The SMILES string of the molecule is CN1CCN(Cc2ccccc2)[C@@H](CNC(=O)C(F)(F)F)C1. The lowest BCUT2D eigenvalue weighted by Crippen LogP contribution is -2.56. The maximum Gasteiger partial charge on any atom is 0.471 e. The molecule has 22 heavy (non-hydrogen) atoms. The van der Waals surface area contributed by atoms with Crippen molar-refractivity contribution in [3.8, 4) is 0 Å². The molecule has 0 spiro atoms. The first-order valence-corrected chi connectivity index (χ1v) is 7.18. The molecule has 1 saturated heterocycles. The zero-order chi connectivity index (χ0) is 16.2. The lowest BCUT2D eigenvalue weighted by Gasteiger charge is -2.40. The van der Waals surface area contributed by atoms with Gasteiger partial charge in [-0.3, -0.25) is 9.69 Å². The fourth-order valence-corrected chi connectivity index (χ4v) is 2.58. The maximum atomic E-state index is 12.3. The molecule has 1 fully saturated rings. The second-order valence-electron chi connectivity index (χ2n) is 5.58. The van der Waals surface area contributed by atoms with Crippen LogP contribution in [0, 0.1) is 0 Å². The highest BCUT2D eigenvalue weighted by Gasteiger charge is 2.39. The summed E-state index contributed by atoms with van der Waals surface area (Å²) in [5.74, 6) is -1.87. The second-order valence-corrected chi connectivity index (χ2v) is 5.58. The van der Waals surface area contributed by atoms with E-state index in [0.717, 1.165) is 18.7 Å². The standard InChI is InChI=1S/C15H20F3N3O/c1-20-7-8-21(10-12-5-3-2-4-6-12)13(11-20)9-19-14(22)15(16,17)18/h2-6,13H,7-11H2,1H3,(H,19,22)/t13-/m0/s1. The van der Waals surface area contributed by atoms with Gasteiger partial charge < -0.3 is 10.2 Å². The zero-order valence-corrected chi connectivity index (χ0v) is 12.4. The Hall–Kier alpha value is -1.60. The summed E-state index contributed by atoms with van der Waals surface area (Å²) in [6.07, 6.45) is -4.83. The Kier molecular flexibility index (Phi) is 5.42. The third-order valence-electron chi connectivity index (χ3n) is 3.79. The fraction of sp³-hybridized carbons (Fsp3) is 0.533. The van der Waals surface area contributed by atoms with E-state index < -0.39 is 12.1 Å². The summed E-state index contributed by atoms with van der Waals surface area (Å²) >= 11 is 0. The van der Waals surface area contributed by atoms with Crippen molar-refractivity contribution in [3.63, 3.8) is 0 Å². The Morgan fingerprint density at radius 2 is 1.95 bits per heavy atom. The van der Waals surface area contributed by atoms with Crippen LogP contribution in [0.1, 0.15) is 5.56 Å². The zero-order valence-electron chi connectivity index (χ0n) is 12.4. The molecule has 0 aliphatic carbocycles. The Morgan fingerprint density at radius 1 is 1.27 bits per heavy atom. The van der Waals surface area contributed by atoms with E-state index in [2.05, 4.69) is 9.80 Å². The van der Waals surface area contributed by atoms with Crippen molar-refractivity contribution < 1.29 is 18.0 Å². The van der Waals surface area contributed by atoms with Crippen LogP contribution in [0.2, 0.25) is 0 Å². The highest BCUT2D eigenvalue weighted by Crippen LogP contribution is 2.16. The first-order valence-electron chi connectivity index (χ1n) is 7.18. The van der Waals surface area contributed by atoms with Gasteiger partial charge in [-0.15, -0.1) is 0 Å². The number of rotatable bonds is 4. The van der Waals surface area contributed by atoms with Gasteiger partial charge in [0.2, 0.25) is 0 Å². The monoisotopic (exact) mass is 315 g/mol. The van der Waals surface area contributed by atoms with Gasteiger partial charge in [0.1, 0.15) is 0 Å². The van der Waals surface area contributed by atoms with Crippen LogP contribution in [-0.2, 0) is 11.3 Å². The van der Waals surface area contributed by atoms with Crippen LogP contribution in [0.5, 0.6) is 0 Å². The molecule has 1 aliphatic rings. The molecule has 0 unspecified atom stereocenters. The van der Waals surface area contributed by atoms with E-state index >= 15 is 0 Å². The number of hydrogen-bond donors (Lipinski definition) is 1. The van der Waals surface area contributed by atoms with Gasteiger partial charge in [-0.2, -0.15) is 13.2 Å². The van der Waals surface area contributed by atoms with Gasteiger partial charge in [0.25, 0.3) is 0 Å². The number of piperazine rings is 1. The Morgan fingerprint density at radius 3 is 2.59 bits per heavy atom. The molecule has 1 N–H and O–H groups in total. The largest absolute Gasteiger partial charge is 0.471 e. The van der Waals surface area contributed by atoms with Crippen LogP contribution < -0.4 is 5.32 Å². The molecule has 4 nitrogen and oxygen atoms in total. The van der Waals surface area contributed by atoms with Crippen molar-refractivity contribution in [1.29, 1.82) is 0 Å². The van der Waals surface area contributed by atoms with Gasteiger partial charge in [-0.05, 0) is 12.6 Å². The summed E-state index contributed by atoms with van der Waals surface area (Å²) in [6, 6.07) is 9.64. The first kappa shape index (κ1) is 16.8. The molecular formula is C15H20F3N3O. The van der Waals surface area contributed by atoms with Gasteiger partial charge in [0.05, 0.1) is 0 Å². The molecule has 1 aromatic carbocycles. The summed E-state index contributed by atoms with van der Waals surface area (Å²) in [4.78, 5) is 15.2. The topological polar surface area (TPSA) is 35.6 Å². The predicted octanol–water partition coefficient (Wildman–Crippen LogP) is 1.48. The lowest BCUT2D eigenvalue weighted by molar-refractivity contribution is -0.173. The Balaban J connectivity index is 1.96. The van der Waals surface area contributed by atoms with E-state index in [-0.39, 0.29) is 12.6 Å². The molecule has 1 aromatic rings. The number of carbonyl (C=O) groups excluding carboxylic acids is 1. The number of likely N-dealkylation sites (N-methyl/N-ethyl adjacent to an activating group) is 1.